The lowest BCUT2D eigenvalue weighted by Gasteiger charge is -2.43. The van der Waals surface area contributed by atoms with Crippen LogP contribution in [0.4, 0.5) is 0 Å². The van der Waals surface area contributed by atoms with Crippen molar-refractivity contribution in [3.05, 3.63) is 23.8 Å². The molecule has 23 heavy (non-hydrogen) atoms. The molecule has 0 spiro atoms. The molecule has 0 radical (unpaired) electrons. The van der Waals surface area contributed by atoms with Crippen LogP contribution in [0.5, 0.6) is 11.5 Å². The van der Waals surface area contributed by atoms with Crippen molar-refractivity contribution in [3.63, 3.8) is 0 Å². The first-order valence-corrected chi connectivity index (χ1v) is 8.29. The first-order valence-electron chi connectivity index (χ1n) is 8.29. The minimum absolute atomic E-state index is 0.103. The third-order valence-electron chi connectivity index (χ3n) is 5.57. The predicted octanol–water partition coefficient (Wildman–Crippen LogP) is 2.16. The van der Waals surface area contributed by atoms with Gasteiger partial charge in [-0.3, -0.25) is 0 Å². The Balaban J connectivity index is 1.96. The molecule has 0 amide bonds. The van der Waals surface area contributed by atoms with Crippen LogP contribution in [-0.4, -0.2) is 56.8 Å². The number of hydrogen-bond acceptors (Lipinski definition) is 5. The number of likely N-dealkylation sites (N-methyl/N-ethyl adjacent to an activating group) is 1. The number of hydrogen-bond donors (Lipinski definition) is 1. The zero-order valence-corrected chi connectivity index (χ0v) is 14.2. The number of likely N-dealkylation sites (tertiary alicyclic amines) is 1. The van der Waals surface area contributed by atoms with Crippen molar-refractivity contribution in [2.75, 3.05) is 34.6 Å². The van der Waals surface area contributed by atoms with Crippen LogP contribution in [0.3, 0.4) is 0 Å². The van der Waals surface area contributed by atoms with Gasteiger partial charge in [0.1, 0.15) is 0 Å². The molecule has 1 heterocycles. The normalized spacial score (nSPS) is 31.0. The van der Waals surface area contributed by atoms with Crippen molar-refractivity contribution in [1.82, 2.24) is 4.90 Å². The maximum absolute atomic E-state index is 10.1. The minimum Gasteiger partial charge on any atom is -0.493 e. The molecule has 5 heteroatoms. The molecule has 0 unspecified atom stereocenters. The average Bonchev–Trinajstić information content (AvgIpc) is 2.90. The molecule has 1 saturated carbocycles. The quantitative estimate of drug-likeness (QED) is 0.842. The van der Waals surface area contributed by atoms with Crippen molar-refractivity contribution in [1.29, 1.82) is 0 Å². The molecule has 5 nitrogen and oxygen atoms in total. The number of rotatable bonds is 5. The van der Waals surface area contributed by atoms with Crippen molar-refractivity contribution >= 4 is 0 Å². The summed E-state index contributed by atoms with van der Waals surface area (Å²) in [5.74, 6) is 1.45. The smallest absolute Gasteiger partial charge is 0.188 e. The summed E-state index contributed by atoms with van der Waals surface area (Å²) >= 11 is 0. The van der Waals surface area contributed by atoms with Crippen LogP contribution in [0.1, 0.15) is 31.2 Å². The first kappa shape index (κ1) is 16.6. The fraction of sp³-hybridized carbons (Fsp3) is 0.667. The summed E-state index contributed by atoms with van der Waals surface area (Å²) in [6.45, 7) is 1.27. The molecule has 1 aromatic rings. The summed E-state index contributed by atoms with van der Waals surface area (Å²) in [6, 6.07) is 6.62. The van der Waals surface area contributed by atoms with E-state index in [1.807, 2.05) is 6.07 Å². The van der Waals surface area contributed by atoms with Gasteiger partial charge < -0.3 is 24.2 Å². The molecular weight excluding hydrogens is 294 g/mol. The SMILES string of the molecule is COCOc1cc([C@@]23CC[C@@H](O)C[C@@H]2N(C)CC3)ccc1OC. The summed E-state index contributed by atoms with van der Waals surface area (Å²) < 4.78 is 16.1. The van der Waals surface area contributed by atoms with Gasteiger partial charge in [-0.05, 0) is 57.0 Å². The van der Waals surface area contributed by atoms with E-state index in [1.54, 1.807) is 14.2 Å². The lowest BCUT2D eigenvalue weighted by molar-refractivity contribution is 0.0478. The Hall–Kier alpha value is -1.30. The van der Waals surface area contributed by atoms with Gasteiger partial charge in [-0.1, -0.05) is 6.07 Å². The van der Waals surface area contributed by atoms with Gasteiger partial charge in [-0.2, -0.15) is 0 Å². The molecule has 1 N–H and O–H groups in total. The number of ether oxygens (including phenoxy) is 3. The molecule has 0 aromatic heterocycles. The van der Waals surface area contributed by atoms with Crippen molar-refractivity contribution in [2.45, 2.75) is 43.2 Å². The zero-order chi connectivity index (χ0) is 16.4. The highest BCUT2D eigenvalue weighted by atomic mass is 16.7. The first-order chi connectivity index (χ1) is 11.1. The maximum Gasteiger partial charge on any atom is 0.188 e. The predicted molar refractivity (Wildman–Crippen MR) is 88.1 cm³/mol. The molecule has 128 valence electrons. The van der Waals surface area contributed by atoms with Gasteiger partial charge >= 0.3 is 0 Å². The molecule has 1 saturated heterocycles. The zero-order valence-electron chi connectivity index (χ0n) is 14.2. The van der Waals surface area contributed by atoms with Crippen LogP contribution >= 0.6 is 0 Å². The molecule has 1 aliphatic carbocycles. The topological polar surface area (TPSA) is 51.2 Å². The Morgan fingerprint density at radius 3 is 2.83 bits per heavy atom. The van der Waals surface area contributed by atoms with Crippen LogP contribution in [0.15, 0.2) is 18.2 Å². The van der Waals surface area contributed by atoms with Crippen molar-refractivity contribution < 1.29 is 19.3 Å². The van der Waals surface area contributed by atoms with E-state index in [2.05, 4.69) is 24.1 Å². The van der Waals surface area contributed by atoms with E-state index in [-0.39, 0.29) is 18.3 Å². The largest absolute Gasteiger partial charge is 0.493 e. The van der Waals surface area contributed by atoms with E-state index in [4.69, 9.17) is 14.2 Å². The van der Waals surface area contributed by atoms with Crippen LogP contribution in [0.25, 0.3) is 0 Å². The average molecular weight is 321 g/mol. The summed E-state index contributed by atoms with van der Waals surface area (Å²) in [5.41, 5.74) is 1.39. The second-order valence-corrected chi connectivity index (χ2v) is 6.75. The molecule has 3 rings (SSSR count). The molecule has 2 aliphatic rings. The molecule has 1 aromatic carbocycles. The van der Waals surface area contributed by atoms with Gasteiger partial charge in [0.25, 0.3) is 0 Å². The maximum atomic E-state index is 10.1. The van der Waals surface area contributed by atoms with E-state index in [9.17, 15) is 5.11 Å². The lowest BCUT2D eigenvalue weighted by Crippen LogP contribution is -2.47. The number of methoxy groups -OCH3 is 2. The Morgan fingerprint density at radius 2 is 2.09 bits per heavy atom. The molecule has 3 atom stereocenters. The summed E-state index contributed by atoms with van der Waals surface area (Å²) in [6.07, 6.45) is 3.66. The number of nitrogens with zero attached hydrogens (tertiary/aromatic N) is 1. The second-order valence-electron chi connectivity index (χ2n) is 6.75. The van der Waals surface area contributed by atoms with Gasteiger partial charge in [-0.25, -0.2) is 0 Å². The number of aliphatic hydroxyl groups excluding tert-OH is 1. The van der Waals surface area contributed by atoms with E-state index < -0.39 is 0 Å². The van der Waals surface area contributed by atoms with Crippen molar-refractivity contribution in [3.8, 4) is 11.5 Å². The number of fused-ring (bicyclic) bond motifs is 1. The molecule has 1 aliphatic heterocycles. The van der Waals surface area contributed by atoms with E-state index in [1.165, 1.54) is 5.56 Å². The summed E-state index contributed by atoms with van der Waals surface area (Å²) in [5, 5.41) is 10.1. The van der Waals surface area contributed by atoms with Crippen molar-refractivity contribution in [2.24, 2.45) is 0 Å². The van der Waals surface area contributed by atoms with Gasteiger partial charge in [0.05, 0.1) is 13.2 Å². The highest BCUT2D eigenvalue weighted by molar-refractivity contribution is 5.46. The summed E-state index contributed by atoms with van der Waals surface area (Å²) in [4.78, 5) is 2.39. The highest BCUT2D eigenvalue weighted by Gasteiger charge is 2.50. The van der Waals surface area contributed by atoms with Crippen LogP contribution in [0, 0.1) is 0 Å². The van der Waals surface area contributed by atoms with E-state index >= 15 is 0 Å². The Kier molecular flexibility index (Phi) is 4.80. The standard InChI is InChI=1S/C18H27NO4/c1-19-9-8-18(7-6-14(20)11-17(18)19)13-4-5-15(22-3)16(10-13)23-12-21-2/h4-5,10,14,17,20H,6-9,11-12H2,1-3H3/t14-,17+,18+/m1/s1. The van der Waals surface area contributed by atoms with Gasteiger partial charge in [0.2, 0.25) is 0 Å². The fourth-order valence-corrected chi connectivity index (χ4v) is 4.32. The Morgan fingerprint density at radius 1 is 1.26 bits per heavy atom. The third-order valence-corrected chi connectivity index (χ3v) is 5.57. The number of benzene rings is 1. The van der Waals surface area contributed by atoms with Crippen LogP contribution in [0.2, 0.25) is 0 Å². The van der Waals surface area contributed by atoms with Gasteiger partial charge in [0, 0.05) is 18.6 Å². The lowest BCUT2D eigenvalue weighted by atomic mass is 9.65. The molecular formula is C18H27NO4. The monoisotopic (exact) mass is 321 g/mol. The minimum atomic E-state index is -0.184. The van der Waals surface area contributed by atoms with Gasteiger partial charge in [0.15, 0.2) is 18.3 Å². The molecule has 2 fully saturated rings. The van der Waals surface area contributed by atoms with E-state index in [0.717, 1.165) is 43.7 Å². The van der Waals surface area contributed by atoms with Crippen LogP contribution < -0.4 is 9.47 Å². The second kappa shape index (κ2) is 6.67. The highest BCUT2D eigenvalue weighted by Crippen LogP contribution is 2.49. The van der Waals surface area contributed by atoms with E-state index in [0.29, 0.717) is 6.04 Å². The Bertz CT molecular complexity index is 550. The fourth-order valence-electron chi connectivity index (χ4n) is 4.32. The molecule has 0 bridgehead atoms. The number of aliphatic hydroxyl groups is 1. The summed E-state index contributed by atoms with van der Waals surface area (Å²) in [7, 11) is 5.42. The van der Waals surface area contributed by atoms with Gasteiger partial charge in [-0.15, -0.1) is 0 Å². The third kappa shape index (κ3) is 2.93. The van der Waals surface area contributed by atoms with Crippen LogP contribution in [-0.2, 0) is 10.2 Å². The Labute approximate surface area is 138 Å².